The van der Waals surface area contributed by atoms with Crippen LogP contribution >= 0.6 is 34.9 Å². The summed E-state index contributed by atoms with van der Waals surface area (Å²) in [6.45, 7) is -0.191. The summed E-state index contributed by atoms with van der Waals surface area (Å²) in [6.07, 6.45) is 1.45. The molecule has 0 spiro atoms. The summed E-state index contributed by atoms with van der Waals surface area (Å²) in [5, 5.41) is 29.4. The molecule has 0 aromatic carbocycles. The Morgan fingerprint density at radius 1 is 1.58 bits per heavy atom. The Morgan fingerprint density at radius 2 is 2.32 bits per heavy atom. The number of nitrogens with one attached hydrogen (secondary N) is 1. The van der Waals surface area contributed by atoms with E-state index >= 15 is 0 Å². The van der Waals surface area contributed by atoms with Crippen LogP contribution in [0.5, 0.6) is 0 Å². The number of aromatic nitrogens is 1. The zero-order chi connectivity index (χ0) is 21.8. The maximum absolute atomic E-state index is 12.7. The van der Waals surface area contributed by atoms with E-state index in [1.54, 1.807) is 0 Å². The number of aliphatic hydroxyl groups is 1. The van der Waals surface area contributed by atoms with Crippen LogP contribution in [0, 0.1) is 0 Å². The molecule has 1 aromatic heterocycles. The number of thioether (sulfide) groups is 2. The number of hydrogen-bond acceptors (Lipinski definition) is 12. The molecular formula is C16H16N5NaO6S3. The topological polar surface area (TPSA) is 170 Å². The molecule has 2 atom stereocenters. The number of rotatable bonds is 8. The fourth-order valence-corrected chi connectivity index (χ4v) is 5.60. The Bertz CT molecular complexity index is 965. The first kappa shape index (κ1) is 25.7. The Kier molecular flexibility index (Phi) is 9.42. The van der Waals surface area contributed by atoms with E-state index in [4.69, 9.17) is 15.7 Å². The molecule has 2 aliphatic heterocycles. The second-order valence-corrected chi connectivity index (χ2v) is 8.78. The minimum absolute atomic E-state index is 0. The van der Waals surface area contributed by atoms with Gasteiger partial charge in [0, 0.05) is 16.0 Å². The Balaban J connectivity index is 0.00000341. The summed E-state index contributed by atoms with van der Waals surface area (Å²) in [5.41, 5.74) is 5.39. The second-order valence-electron chi connectivity index (χ2n) is 5.79. The van der Waals surface area contributed by atoms with Crippen LogP contribution in [-0.4, -0.2) is 69.4 Å². The average molecular weight is 494 g/mol. The number of aliphatic carboxylic acids is 1. The molecule has 1 saturated heterocycles. The number of oxime groups is 1. The largest absolute Gasteiger partial charge is 1.00 e. The molecule has 15 heteroatoms. The Labute approximate surface area is 211 Å². The SMILES string of the molecule is CO/N=C(\C(=O)NC1C(=O)N2C(C(=O)[O-])=C(S/C=C\CO)CS[C@H]12)c1csc(N)n1.[Na+]. The van der Waals surface area contributed by atoms with Crippen LogP contribution < -0.4 is 45.7 Å². The number of carboxylic acids is 1. The molecule has 4 N–H and O–H groups in total. The van der Waals surface area contributed by atoms with Gasteiger partial charge in [-0.1, -0.05) is 23.0 Å². The zero-order valence-electron chi connectivity index (χ0n) is 16.4. The number of carbonyl (C=O) groups excluding carboxylic acids is 3. The van der Waals surface area contributed by atoms with Crippen LogP contribution in [0.4, 0.5) is 5.13 Å². The first-order valence-electron chi connectivity index (χ1n) is 8.34. The molecular weight excluding hydrogens is 477 g/mol. The number of hydrogen-bond donors (Lipinski definition) is 3. The third-order valence-electron chi connectivity index (χ3n) is 3.99. The monoisotopic (exact) mass is 493 g/mol. The fraction of sp³-hybridized carbons (Fsp3) is 0.312. The van der Waals surface area contributed by atoms with Crippen LogP contribution in [0.3, 0.4) is 0 Å². The number of carboxylic acid groups (broad SMARTS) is 1. The van der Waals surface area contributed by atoms with Gasteiger partial charge in [0.2, 0.25) is 0 Å². The van der Waals surface area contributed by atoms with Crippen LogP contribution in [0.15, 0.2) is 32.6 Å². The van der Waals surface area contributed by atoms with Crippen molar-refractivity contribution in [2.45, 2.75) is 11.4 Å². The molecule has 3 rings (SSSR count). The standard InChI is InChI=1S/C16H17N5O6S3.Na/c1-27-20-9(7-5-30-16(17)18-7)12(23)19-10-13(24)21-11(15(25)26)8(6-29-14(10)21)28-4-2-3-22;/h2,4-5,10,14,22H,3,6H2,1H3,(H2,17,18)(H,19,23)(H,25,26);/q;+1/p-1/b4-2-,20-9-;/t10?,14-;/m1./s1. The van der Waals surface area contributed by atoms with Gasteiger partial charge in [-0.3, -0.25) is 14.5 Å². The zero-order valence-corrected chi connectivity index (χ0v) is 20.9. The van der Waals surface area contributed by atoms with Crippen LogP contribution in [-0.2, 0) is 19.2 Å². The summed E-state index contributed by atoms with van der Waals surface area (Å²) >= 11 is 3.50. The predicted molar refractivity (Wildman–Crippen MR) is 111 cm³/mol. The first-order chi connectivity index (χ1) is 14.4. The maximum Gasteiger partial charge on any atom is 1.00 e. The smallest absolute Gasteiger partial charge is 0.543 e. The van der Waals surface area contributed by atoms with Crippen molar-refractivity contribution in [2.24, 2.45) is 5.16 Å². The molecule has 2 amide bonds. The number of fused-ring (bicyclic) bond motifs is 1. The number of amides is 2. The number of nitrogens with zero attached hydrogens (tertiary/aromatic N) is 3. The van der Waals surface area contributed by atoms with Crippen molar-refractivity contribution in [1.82, 2.24) is 15.2 Å². The second kappa shape index (κ2) is 11.4. The van der Waals surface area contributed by atoms with E-state index in [1.165, 1.54) is 35.7 Å². The van der Waals surface area contributed by atoms with Crippen molar-refractivity contribution in [3.8, 4) is 0 Å². The Hall–Kier alpha value is -1.55. The third-order valence-corrected chi connectivity index (χ3v) is 7.07. The number of anilines is 1. The van der Waals surface area contributed by atoms with Gasteiger partial charge in [-0.05, 0) is 5.41 Å². The van der Waals surface area contributed by atoms with Crippen molar-refractivity contribution in [1.29, 1.82) is 0 Å². The van der Waals surface area contributed by atoms with E-state index in [-0.39, 0.29) is 58.4 Å². The van der Waals surface area contributed by atoms with Gasteiger partial charge >= 0.3 is 29.6 Å². The molecule has 0 saturated carbocycles. The van der Waals surface area contributed by atoms with Gasteiger partial charge in [0.15, 0.2) is 10.8 Å². The van der Waals surface area contributed by atoms with Gasteiger partial charge in [-0.25, -0.2) is 4.98 Å². The molecule has 160 valence electrons. The molecule has 2 aliphatic rings. The van der Waals surface area contributed by atoms with E-state index in [9.17, 15) is 19.5 Å². The van der Waals surface area contributed by atoms with Crippen molar-refractivity contribution in [3.05, 3.63) is 33.2 Å². The quantitative estimate of drug-likeness (QED) is 0.139. The van der Waals surface area contributed by atoms with Gasteiger partial charge in [0.25, 0.3) is 11.8 Å². The van der Waals surface area contributed by atoms with Gasteiger partial charge in [-0.15, -0.1) is 23.1 Å². The number of thiazole rings is 1. The molecule has 0 aliphatic carbocycles. The summed E-state index contributed by atoms with van der Waals surface area (Å²) in [4.78, 5) is 47.1. The molecule has 11 nitrogen and oxygen atoms in total. The van der Waals surface area contributed by atoms with E-state index in [0.29, 0.717) is 10.7 Å². The Morgan fingerprint density at radius 3 is 2.90 bits per heavy atom. The molecule has 0 radical (unpaired) electrons. The summed E-state index contributed by atoms with van der Waals surface area (Å²) < 4.78 is 0. The van der Waals surface area contributed by atoms with Gasteiger partial charge < -0.3 is 30.9 Å². The van der Waals surface area contributed by atoms with Crippen molar-refractivity contribution in [2.75, 3.05) is 25.2 Å². The summed E-state index contributed by atoms with van der Waals surface area (Å²) in [5.74, 6) is -2.48. The molecule has 3 heterocycles. The van der Waals surface area contributed by atoms with E-state index in [1.807, 2.05) is 0 Å². The number of nitrogens with two attached hydrogens (primary N) is 1. The number of β-lactam (4-membered cyclic amide) rings is 1. The van der Waals surface area contributed by atoms with Gasteiger partial charge in [-0.2, -0.15) is 0 Å². The van der Waals surface area contributed by atoms with Crippen LogP contribution in [0.1, 0.15) is 5.69 Å². The van der Waals surface area contributed by atoms with Gasteiger partial charge in [0.05, 0.1) is 18.3 Å². The van der Waals surface area contributed by atoms with Crippen molar-refractivity contribution < 1.29 is 59.0 Å². The van der Waals surface area contributed by atoms with E-state index < -0.39 is 29.2 Å². The maximum atomic E-state index is 12.7. The average Bonchev–Trinajstić information content (AvgIpc) is 3.15. The van der Waals surface area contributed by atoms with Crippen molar-refractivity contribution >= 4 is 63.5 Å². The van der Waals surface area contributed by atoms with Crippen LogP contribution in [0.25, 0.3) is 0 Å². The van der Waals surface area contributed by atoms with E-state index in [0.717, 1.165) is 28.0 Å². The summed E-state index contributed by atoms with van der Waals surface area (Å²) in [6, 6.07) is -0.950. The number of carbonyl (C=O) groups is 3. The molecule has 1 aromatic rings. The third kappa shape index (κ3) is 5.45. The van der Waals surface area contributed by atoms with Crippen molar-refractivity contribution in [3.63, 3.8) is 0 Å². The minimum atomic E-state index is -1.49. The van der Waals surface area contributed by atoms with Gasteiger partial charge in [0.1, 0.15) is 24.2 Å². The normalized spacial score (nSPS) is 20.8. The molecule has 1 fully saturated rings. The number of nitrogen functional groups attached to an aromatic ring is 1. The fourth-order valence-electron chi connectivity index (χ4n) is 2.75. The molecule has 0 bridgehead atoms. The molecule has 1 unspecified atom stereocenters. The van der Waals surface area contributed by atoms with Crippen LogP contribution in [0.2, 0.25) is 0 Å². The first-order valence-corrected chi connectivity index (χ1v) is 11.1. The minimum Gasteiger partial charge on any atom is -0.543 e. The number of aliphatic hydroxyl groups excluding tert-OH is 1. The summed E-state index contributed by atoms with van der Waals surface area (Å²) in [7, 11) is 1.26. The molecule has 31 heavy (non-hydrogen) atoms. The van der Waals surface area contributed by atoms with E-state index in [2.05, 4.69) is 15.5 Å². The predicted octanol–water partition coefficient (Wildman–Crippen LogP) is -4.32.